The quantitative estimate of drug-likeness (QED) is 0.511. The molecule has 0 bridgehead atoms. The maximum Gasteiger partial charge on any atom is 0.271 e. The Morgan fingerprint density at radius 3 is 2.56 bits per heavy atom. The van der Waals surface area contributed by atoms with E-state index in [2.05, 4.69) is 15.0 Å². The second-order valence-corrected chi connectivity index (χ2v) is 9.12. The molecule has 0 saturated carbocycles. The van der Waals surface area contributed by atoms with Crippen molar-refractivity contribution in [1.29, 1.82) is 0 Å². The van der Waals surface area contributed by atoms with Gasteiger partial charge in [0.25, 0.3) is 10.0 Å². The molecule has 4 aromatic rings. The molecule has 2 aromatic carbocycles. The van der Waals surface area contributed by atoms with Crippen molar-refractivity contribution >= 4 is 59.4 Å². The smallest absolute Gasteiger partial charge is 0.271 e. The fraction of sp³-hybridized carbons (Fsp3) is 0. The first-order valence-corrected chi connectivity index (χ1v) is 10.6. The van der Waals surface area contributed by atoms with E-state index in [1.807, 2.05) is 30.3 Å². The molecule has 25 heavy (non-hydrogen) atoms. The minimum Gasteiger partial charge on any atom is -0.331 e. The van der Waals surface area contributed by atoms with Crippen LogP contribution in [0.4, 0.5) is 16.5 Å². The molecule has 0 aliphatic carbocycles. The molecule has 2 aromatic heterocycles. The number of hydrogen-bond acceptors (Lipinski definition) is 6. The summed E-state index contributed by atoms with van der Waals surface area (Å²) in [6.07, 6.45) is 0. The van der Waals surface area contributed by atoms with Crippen LogP contribution in [0, 0.1) is 0 Å². The van der Waals surface area contributed by atoms with E-state index in [1.54, 1.807) is 47.0 Å². The lowest BCUT2D eigenvalue weighted by atomic mass is 10.3. The van der Waals surface area contributed by atoms with Gasteiger partial charge in [0.15, 0.2) is 5.13 Å². The first-order chi connectivity index (χ1) is 12.1. The van der Waals surface area contributed by atoms with Crippen LogP contribution < -0.4 is 10.0 Å². The van der Waals surface area contributed by atoms with Crippen LogP contribution in [0.2, 0.25) is 0 Å². The number of fused-ring (bicyclic) bond motifs is 1. The maximum absolute atomic E-state index is 12.3. The average molecular weight is 388 g/mol. The van der Waals surface area contributed by atoms with Crippen molar-refractivity contribution in [3.8, 4) is 0 Å². The zero-order valence-electron chi connectivity index (χ0n) is 12.8. The molecule has 0 spiro atoms. The van der Waals surface area contributed by atoms with E-state index in [1.165, 1.54) is 11.3 Å². The summed E-state index contributed by atoms with van der Waals surface area (Å²) < 4.78 is 28.6. The summed E-state index contributed by atoms with van der Waals surface area (Å²) in [4.78, 5) is 4.52. The summed E-state index contributed by atoms with van der Waals surface area (Å²) in [5.41, 5.74) is 2.20. The molecule has 0 fully saturated rings. The molecule has 126 valence electrons. The first-order valence-electron chi connectivity index (χ1n) is 7.39. The van der Waals surface area contributed by atoms with E-state index in [9.17, 15) is 8.42 Å². The molecule has 0 aliphatic heterocycles. The van der Waals surface area contributed by atoms with Gasteiger partial charge in [-0.25, -0.2) is 13.4 Å². The van der Waals surface area contributed by atoms with Gasteiger partial charge in [0.05, 0.1) is 15.9 Å². The van der Waals surface area contributed by atoms with Crippen LogP contribution >= 0.6 is 22.7 Å². The Balaban J connectivity index is 1.57. The monoisotopic (exact) mass is 387 g/mol. The van der Waals surface area contributed by atoms with Gasteiger partial charge in [-0.3, -0.25) is 4.72 Å². The van der Waals surface area contributed by atoms with Gasteiger partial charge in [-0.1, -0.05) is 35.6 Å². The molecule has 2 N–H and O–H groups in total. The molecular formula is C17H13N3O2S3. The van der Waals surface area contributed by atoms with E-state index in [-0.39, 0.29) is 4.21 Å². The molecule has 0 aliphatic rings. The van der Waals surface area contributed by atoms with Crippen molar-refractivity contribution in [2.75, 3.05) is 10.0 Å². The molecule has 0 amide bonds. The van der Waals surface area contributed by atoms with Gasteiger partial charge >= 0.3 is 0 Å². The number of nitrogens with one attached hydrogen (secondary N) is 2. The van der Waals surface area contributed by atoms with Crippen LogP contribution in [0.3, 0.4) is 0 Å². The number of benzene rings is 2. The van der Waals surface area contributed by atoms with Crippen LogP contribution in [0.15, 0.2) is 70.3 Å². The summed E-state index contributed by atoms with van der Waals surface area (Å²) in [6, 6.07) is 18.3. The standard InChI is InChI=1S/C17H13N3O2S3/c21-25(22,16-9-4-10-23-16)20-13-6-3-5-12(11-13)18-17-19-14-7-1-2-8-15(14)24-17/h1-11,20H,(H,18,19). The van der Waals surface area contributed by atoms with Crippen molar-refractivity contribution in [2.24, 2.45) is 0 Å². The van der Waals surface area contributed by atoms with E-state index in [4.69, 9.17) is 0 Å². The Labute approximate surface area is 153 Å². The largest absolute Gasteiger partial charge is 0.331 e. The van der Waals surface area contributed by atoms with E-state index in [0.717, 1.165) is 21.0 Å². The summed E-state index contributed by atoms with van der Waals surface area (Å²) in [7, 11) is -3.55. The van der Waals surface area contributed by atoms with Gasteiger partial charge in [-0.2, -0.15) is 0 Å². The predicted octanol–water partition coefficient (Wildman–Crippen LogP) is 4.90. The van der Waals surface area contributed by atoms with Crippen molar-refractivity contribution in [3.05, 3.63) is 66.0 Å². The average Bonchev–Trinajstić information content (AvgIpc) is 3.24. The number of hydrogen-bond donors (Lipinski definition) is 2. The highest BCUT2D eigenvalue weighted by molar-refractivity contribution is 7.94. The van der Waals surface area contributed by atoms with E-state index >= 15 is 0 Å². The number of para-hydroxylation sites is 1. The lowest BCUT2D eigenvalue weighted by Crippen LogP contribution is -2.11. The SMILES string of the molecule is O=S(=O)(Nc1cccc(Nc2nc3ccccc3s2)c1)c1cccs1. The second kappa shape index (κ2) is 6.47. The van der Waals surface area contributed by atoms with Crippen molar-refractivity contribution in [1.82, 2.24) is 4.98 Å². The third-order valence-corrected chi connectivity index (χ3v) is 7.15. The molecule has 4 rings (SSSR count). The molecular weight excluding hydrogens is 374 g/mol. The highest BCUT2D eigenvalue weighted by Crippen LogP contribution is 2.29. The van der Waals surface area contributed by atoms with Gasteiger partial charge in [0.1, 0.15) is 4.21 Å². The third kappa shape index (κ3) is 3.51. The minimum absolute atomic E-state index is 0.289. The highest BCUT2D eigenvalue weighted by Gasteiger charge is 2.15. The normalized spacial score (nSPS) is 11.5. The second-order valence-electron chi connectivity index (χ2n) is 5.23. The summed E-state index contributed by atoms with van der Waals surface area (Å²) in [5, 5.41) is 5.73. The molecule has 0 saturated heterocycles. The minimum atomic E-state index is -3.55. The Hall–Kier alpha value is -2.42. The topological polar surface area (TPSA) is 71.1 Å². The summed E-state index contributed by atoms with van der Waals surface area (Å²) >= 11 is 2.73. The number of aromatic nitrogens is 1. The number of thiophene rings is 1. The fourth-order valence-electron chi connectivity index (χ4n) is 2.33. The van der Waals surface area contributed by atoms with Crippen molar-refractivity contribution in [3.63, 3.8) is 0 Å². The Morgan fingerprint density at radius 1 is 0.920 bits per heavy atom. The predicted molar refractivity (Wildman–Crippen MR) is 104 cm³/mol. The van der Waals surface area contributed by atoms with E-state index < -0.39 is 10.0 Å². The summed E-state index contributed by atoms with van der Waals surface area (Å²) in [5.74, 6) is 0. The van der Waals surface area contributed by atoms with Gasteiger partial charge in [0.2, 0.25) is 0 Å². The van der Waals surface area contributed by atoms with Crippen LogP contribution in [0.25, 0.3) is 10.2 Å². The van der Waals surface area contributed by atoms with Crippen LogP contribution in [-0.4, -0.2) is 13.4 Å². The number of nitrogens with zero attached hydrogens (tertiary/aromatic N) is 1. The number of sulfonamides is 1. The lowest BCUT2D eigenvalue weighted by Gasteiger charge is -2.08. The van der Waals surface area contributed by atoms with Gasteiger partial charge in [0, 0.05) is 5.69 Å². The highest BCUT2D eigenvalue weighted by atomic mass is 32.2. The number of rotatable bonds is 5. The fourth-order valence-corrected chi connectivity index (χ4v) is 5.26. The van der Waals surface area contributed by atoms with Crippen LogP contribution in [-0.2, 0) is 10.0 Å². The third-order valence-electron chi connectivity index (χ3n) is 3.42. The first kappa shape index (κ1) is 16.1. The lowest BCUT2D eigenvalue weighted by molar-refractivity contribution is 0.603. The van der Waals surface area contributed by atoms with Crippen molar-refractivity contribution < 1.29 is 8.42 Å². The molecule has 8 heteroatoms. The Bertz CT molecular complexity index is 1090. The molecule has 0 unspecified atom stereocenters. The van der Waals surface area contributed by atoms with Crippen molar-refractivity contribution in [2.45, 2.75) is 4.21 Å². The molecule has 2 heterocycles. The molecule has 0 atom stereocenters. The number of anilines is 3. The van der Waals surface area contributed by atoms with Gasteiger partial charge in [-0.05, 0) is 41.8 Å². The Morgan fingerprint density at radius 2 is 1.76 bits per heavy atom. The molecule has 0 radical (unpaired) electrons. The van der Waals surface area contributed by atoms with Gasteiger partial charge in [-0.15, -0.1) is 11.3 Å². The number of thiazole rings is 1. The molecule has 5 nitrogen and oxygen atoms in total. The van der Waals surface area contributed by atoms with Crippen LogP contribution in [0.1, 0.15) is 0 Å². The maximum atomic E-state index is 12.3. The zero-order chi connectivity index (χ0) is 17.3. The van der Waals surface area contributed by atoms with Gasteiger partial charge < -0.3 is 5.32 Å². The van der Waals surface area contributed by atoms with E-state index in [0.29, 0.717) is 5.69 Å². The Kier molecular flexibility index (Phi) is 4.16. The zero-order valence-corrected chi connectivity index (χ0v) is 15.3. The van der Waals surface area contributed by atoms with Crippen LogP contribution in [0.5, 0.6) is 0 Å². The summed E-state index contributed by atoms with van der Waals surface area (Å²) in [6.45, 7) is 0.